The van der Waals surface area contributed by atoms with Gasteiger partial charge in [0.1, 0.15) is 23.9 Å². The van der Waals surface area contributed by atoms with Crippen molar-refractivity contribution in [3.8, 4) is 11.4 Å². The number of fused-ring (bicyclic) bond motifs is 1. The van der Waals surface area contributed by atoms with Gasteiger partial charge in [0.2, 0.25) is 0 Å². The monoisotopic (exact) mass is 465 g/mol. The van der Waals surface area contributed by atoms with Crippen LogP contribution in [-0.4, -0.2) is 33.1 Å². The van der Waals surface area contributed by atoms with Crippen LogP contribution in [0, 0.1) is 11.7 Å². The minimum Gasteiger partial charge on any atom is -0.373 e. The Kier molecular flexibility index (Phi) is 7.42. The molecule has 4 rings (SSSR count). The maximum Gasteiger partial charge on any atom is 0.165 e. The number of pyridine rings is 2. The van der Waals surface area contributed by atoms with E-state index in [-0.39, 0.29) is 12.4 Å². The van der Waals surface area contributed by atoms with Gasteiger partial charge in [0.25, 0.3) is 0 Å². The highest BCUT2D eigenvalue weighted by Gasteiger charge is 2.13. The zero-order valence-electron chi connectivity index (χ0n) is 18.6. The van der Waals surface area contributed by atoms with Crippen molar-refractivity contribution >= 4 is 28.5 Å². The minimum atomic E-state index is -0.241. The van der Waals surface area contributed by atoms with Gasteiger partial charge in [-0.15, -0.1) is 0 Å². The lowest BCUT2D eigenvalue weighted by Crippen LogP contribution is -2.11. The van der Waals surface area contributed by atoms with E-state index >= 15 is 0 Å². The lowest BCUT2D eigenvalue weighted by atomic mass is 10.1. The normalized spacial score (nSPS) is 11.3. The molecule has 0 atom stereocenters. The number of rotatable bonds is 9. The third-order valence-corrected chi connectivity index (χ3v) is 5.21. The van der Waals surface area contributed by atoms with Crippen molar-refractivity contribution in [1.82, 2.24) is 19.9 Å². The first kappa shape index (κ1) is 23.0. The molecule has 0 bridgehead atoms. The average molecular weight is 466 g/mol. The van der Waals surface area contributed by atoms with Crippen LogP contribution in [-0.2, 0) is 17.8 Å². The number of aromatic nitrogens is 4. The average Bonchev–Trinajstić information content (AvgIpc) is 2.80. The Balaban J connectivity index is 1.62. The summed E-state index contributed by atoms with van der Waals surface area (Å²) >= 11 is 6.32. The third-order valence-electron chi connectivity index (χ3n) is 4.91. The highest BCUT2D eigenvalue weighted by molar-refractivity contribution is 6.32. The molecule has 1 aromatic carbocycles. The highest BCUT2D eigenvalue weighted by Crippen LogP contribution is 2.27. The molecule has 0 aliphatic rings. The molecule has 8 heteroatoms. The van der Waals surface area contributed by atoms with Gasteiger partial charge in [-0.1, -0.05) is 37.6 Å². The van der Waals surface area contributed by atoms with Crippen LogP contribution in [0.1, 0.15) is 25.2 Å². The number of hydrogen-bond acceptors (Lipinski definition) is 6. The first-order valence-corrected chi connectivity index (χ1v) is 11.2. The van der Waals surface area contributed by atoms with E-state index in [4.69, 9.17) is 21.3 Å². The van der Waals surface area contributed by atoms with Crippen molar-refractivity contribution < 1.29 is 9.13 Å². The molecule has 0 unspecified atom stereocenters. The second-order valence-electron chi connectivity index (χ2n) is 8.10. The first-order valence-electron chi connectivity index (χ1n) is 10.8. The number of nitrogens with one attached hydrogen (secondary N) is 1. The molecule has 0 fully saturated rings. The summed E-state index contributed by atoms with van der Waals surface area (Å²) in [6.07, 6.45) is 2.40. The van der Waals surface area contributed by atoms with Crippen LogP contribution in [0.4, 0.5) is 10.2 Å². The van der Waals surface area contributed by atoms with E-state index in [9.17, 15) is 4.39 Å². The maximum atomic E-state index is 13.2. The molecule has 0 radical (unpaired) electrons. The number of hydrogen-bond donors (Lipinski definition) is 1. The summed E-state index contributed by atoms with van der Waals surface area (Å²) in [7, 11) is 0. The molecular weight excluding hydrogens is 441 g/mol. The molecule has 0 aliphatic heterocycles. The second-order valence-corrected chi connectivity index (χ2v) is 8.51. The number of ether oxygens (including phenoxy) is 1. The maximum absolute atomic E-state index is 13.2. The zero-order valence-corrected chi connectivity index (χ0v) is 19.3. The Bertz CT molecular complexity index is 1230. The van der Waals surface area contributed by atoms with Gasteiger partial charge in [-0.3, -0.25) is 4.98 Å². The predicted octanol–water partition coefficient (Wildman–Crippen LogP) is 5.71. The number of halogens is 2. The van der Waals surface area contributed by atoms with E-state index in [1.807, 2.05) is 12.1 Å². The van der Waals surface area contributed by atoms with Gasteiger partial charge >= 0.3 is 0 Å². The molecule has 33 heavy (non-hydrogen) atoms. The van der Waals surface area contributed by atoms with E-state index < -0.39 is 0 Å². The van der Waals surface area contributed by atoms with E-state index in [0.29, 0.717) is 52.8 Å². The fourth-order valence-corrected chi connectivity index (χ4v) is 3.54. The fourth-order valence-electron chi connectivity index (χ4n) is 3.32. The summed E-state index contributed by atoms with van der Waals surface area (Å²) in [5.74, 6) is 1.39. The van der Waals surface area contributed by atoms with Crippen molar-refractivity contribution in [2.75, 3.05) is 18.5 Å². The lowest BCUT2D eigenvalue weighted by Gasteiger charge is -2.12. The summed E-state index contributed by atoms with van der Waals surface area (Å²) in [4.78, 5) is 18.4. The zero-order chi connectivity index (χ0) is 23.2. The van der Waals surface area contributed by atoms with Gasteiger partial charge in [-0.2, -0.15) is 0 Å². The molecule has 6 nitrogen and oxygen atoms in total. The highest BCUT2D eigenvalue weighted by atomic mass is 35.5. The topological polar surface area (TPSA) is 72.8 Å². The van der Waals surface area contributed by atoms with Gasteiger partial charge < -0.3 is 10.1 Å². The Morgan fingerprint density at radius 3 is 2.61 bits per heavy atom. The van der Waals surface area contributed by atoms with Gasteiger partial charge in [-0.05, 0) is 54.3 Å². The van der Waals surface area contributed by atoms with Gasteiger partial charge in [-0.25, -0.2) is 19.3 Å². The Hall–Kier alpha value is -3.16. The smallest absolute Gasteiger partial charge is 0.165 e. The van der Waals surface area contributed by atoms with Crippen LogP contribution in [0.2, 0.25) is 5.02 Å². The molecule has 1 N–H and O–H groups in total. The minimum absolute atomic E-state index is 0.241. The van der Waals surface area contributed by atoms with Crippen molar-refractivity contribution in [1.29, 1.82) is 0 Å². The largest absolute Gasteiger partial charge is 0.373 e. The van der Waals surface area contributed by atoms with E-state index in [0.717, 1.165) is 17.4 Å². The molecule has 0 aliphatic carbocycles. The molecule has 0 saturated carbocycles. The van der Waals surface area contributed by atoms with Crippen LogP contribution >= 0.6 is 11.6 Å². The predicted molar refractivity (Wildman–Crippen MR) is 129 cm³/mol. The van der Waals surface area contributed by atoms with Gasteiger partial charge in [0, 0.05) is 19.3 Å². The SMILES string of the molecule is CC(C)COCc1nc(NCCc2ccc(F)cc2)c2ccc(-c3ncccc3Cl)nc2n1. The van der Waals surface area contributed by atoms with Gasteiger partial charge in [0.05, 0.1) is 16.1 Å². The first-order chi connectivity index (χ1) is 16.0. The van der Waals surface area contributed by atoms with Crippen molar-refractivity contribution in [3.63, 3.8) is 0 Å². The summed E-state index contributed by atoms with van der Waals surface area (Å²) in [5.41, 5.74) is 2.81. The van der Waals surface area contributed by atoms with Crippen LogP contribution < -0.4 is 5.32 Å². The molecule has 0 saturated heterocycles. The number of anilines is 1. The Labute approximate surface area is 197 Å². The van der Waals surface area contributed by atoms with Crippen LogP contribution in [0.25, 0.3) is 22.4 Å². The summed E-state index contributed by atoms with van der Waals surface area (Å²) < 4.78 is 18.9. The third kappa shape index (κ3) is 6.00. The second kappa shape index (κ2) is 10.6. The molecule has 3 heterocycles. The summed E-state index contributed by atoms with van der Waals surface area (Å²) in [6.45, 7) is 5.71. The molecule has 3 aromatic heterocycles. The van der Waals surface area contributed by atoms with Crippen molar-refractivity contribution in [2.24, 2.45) is 5.92 Å². The molecule has 170 valence electrons. The Morgan fingerprint density at radius 2 is 1.85 bits per heavy atom. The van der Waals surface area contributed by atoms with Crippen molar-refractivity contribution in [2.45, 2.75) is 26.9 Å². The molecule has 0 spiro atoms. The molecule has 0 amide bonds. The fraction of sp³-hybridized carbons (Fsp3) is 0.280. The van der Waals surface area contributed by atoms with Crippen LogP contribution in [0.15, 0.2) is 54.7 Å². The molecular formula is C25H25ClFN5O. The Morgan fingerprint density at radius 1 is 1.03 bits per heavy atom. The van der Waals surface area contributed by atoms with Gasteiger partial charge in [0.15, 0.2) is 11.5 Å². The van der Waals surface area contributed by atoms with E-state index in [1.165, 1.54) is 12.1 Å². The standard InChI is InChI=1S/C25H25ClFN5O/c1-16(2)14-33-15-22-31-24(29-13-11-17-5-7-18(27)8-6-17)19-9-10-21(30-25(19)32-22)23-20(26)4-3-12-28-23/h3-10,12,16H,11,13-15H2,1-2H3,(H,29,30,31,32). The van der Waals surface area contributed by atoms with Crippen LogP contribution in [0.5, 0.6) is 0 Å². The summed E-state index contributed by atoms with van der Waals surface area (Å²) in [5, 5.41) is 4.69. The molecule has 4 aromatic rings. The van der Waals surface area contributed by atoms with E-state index in [1.54, 1.807) is 30.5 Å². The van der Waals surface area contributed by atoms with E-state index in [2.05, 4.69) is 34.1 Å². The lowest BCUT2D eigenvalue weighted by molar-refractivity contribution is 0.0925. The van der Waals surface area contributed by atoms with Crippen molar-refractivity contribution in [3.05, 3.63) is 77.0 Å². The summed E-state index contributed by atoms with van der Waals surface area (Å²) in [6, 6.07) is 13.8. The quantitative estimate of drug-likeness (QED) is 0.341. The number of nitrogens with zero attached hydrogens (tertiary/aromatic N) is 4. The number of benzene rings is 1. The van der Waals surface area contributed by atoms with Crippen LogP contribution in [0.3, 0.4) is 0 Å².